The predicted molar refractivity (Wildman–Crippen MR) is 207 cm³/mol. The van der Waals surface area contributed by atoms with Crippen molar-refractivity contribution < 1.29 is 47.9 Å². The Kier molecular flexibility index (Phi) is 12.3. The Balaban J connectivity index is 1.38. The number of aliphatic hydroxyl groups is 2. The molecule has 4 aliphatic rings. The van der Waals surface area contributed by atoms with Crippen LogP contribution in [0.1, 0.15) is 72.3 Å². The Hall–Kier alpha value is -4.91. The van der Waals surface area contributed by atoms with Crippen molar-refractivity contribution in [1.82, 2.24) is 4.90 Å². The lowest BCUT2D eigenvalue weighted by molar-refractivity contribution is -0.252. The van der Waals surface area contributed by atoms with Crippen molar-refractivity contribution in [2.24, 2.45) is 22.9 Å². The van der Waals surface area contributed by atoms with Crippen LogP contribution in [0.2, 0.25) is 0 Å². The van der Waals surface area contributed by atoms with Crippen molar-refractivity contribution in [2.45, 2.75) is 69.3 Å². The molecule has 1 amide bonds. The van der Waals surface area contributed by atoms with Crippen LogP contribution in [0.25, 0.3) is 0 Å². The Morgan fingerprint density at radius 3 is 2.55 bits per heavy atom. The van der Waals surface area contributed by atoms with Gasteiger partial charge in [0.1, 0.15) is 37.1 Å². The summed E-state index contributed by atoms with van der Waals surface area (Å²) in [6.07, 6.45) is 8.77. The third-order valence-corrected chi connectivity index (χ3v) is 11.6. The first kappa shape index (κ1) is 39.3. The van der Waals surface area contributed by atoms with Crippen LogP contribution in [0, 0.1) is 23.6 Å². The number of fused-ring (bicyclic) bond motifs is 3. The maximum Gasteiger partial charge on any atom is 0.254 e. The summed E-state index contributed by atoms with van der Waals surface area (Å²) in [6, 6.07) is 16.7. The number of aliphatic hydroxyl groups excluding tert-OH is 2. The largest absolute Gasteiger partial charge is 0.489 e. The van der Waals surface area contributed by atoms with Crippen LogP contribution in [0.15, 0.2) is 90.1 Å². The fraction of sp³-hybridized carbons (Fsp3) is 0.455. The van der Waals surface area contributed by atoms with Gasteiger partial charge in [0.05, 0.1) is 18.2 Å². The number of hydrogen-bond donors (Lipinski definition) is 2. The number of benzene rings is 3. The number of unbranched alkanes of at least 4 members (excludes halogenated alkanes) is 2. The van der Waals surface area contributed by atoms with Crippen molar-refractivity contribution >= 4 is 11.6 Å². The molecule has 56 heavy (non-hydrogen) atoms. The minimum atomic E-state index is -1.40. The van der Waals surface area contributed by atoms with E-state index in [1.165, 1.54) is 13.2 Å². The molecule has 1 fully saturated rings. The number of carbonyl (C=O) groups excluding carboxylic acids is 1. The molecule has 0 aromatic heterocycles. The second kappa shape index (κ2) is 17.5. The fourth-order valence-corrected chi connectivity index (χ4v) is 9.08. The summed E-state index contributed by atoms with van der Waals surface area (Å²) in [5.74, 6) is -0.343. The first-order chi connectivity index (χ1) is 27.3. The summed E-state index contributed by atoms with van der Waals surface area (Å²) in [5, 5.41) is 24.2. The minimum absolute atomic E-state index is 0.0428. The maximum atomic E-state index is 14.6. The molecule has 2 aliphatic carbocycles. The summed E-state index contributed by atoms with van der Waals surface area (Å²) >= 11 is 0. The van der Waals surface area contributed by atoms with Gasteiger partial charge in [0, 0.05) is 49.3 Å². The Morgan fingerprint density at radius 2 is 1.79 bits per heavy atom. The van der Waals surface area contributed by atoms with E-state index in [1.807, 2.05) is 18.2 Å². The monoisotopic (exact) mass is 770 g/mol. The average molecular weight is 771 g/mol. The summed E-state index contributed by atoms with van der Waals surface area (Å²) in [6.45, 7) is 4.43. The average Bonchev–Trinajstić information content (AvgIpc) is 3.69. The van der Waals surface area contributed by atoms with Gasteiger partial charge in [-0.25, -0.2) is 4.39 Å². The van der Waals surface area contributed by atoms with Crippen molar-refractivity contribution in [3.8, 4) is 23.0 Å². The SMILES string of the molecule is C=CCOC12Oc3ccc(OCc4ccccc4F)cc3C3C(CCCCO)C(CCCCO)C=C(C(=NOC)CC1N(C)C(=O)c1ccc4c(c1)OCO4)C32. The summed E-state index contributed by atoms with van der Waals surface area (Å²) in [4.78, 5) is 21.7. The highest BCUT2D eigenvalue weighted by Gasteiger charge is 2.65. The third-order valence-electron chi connectivity index (χ3n) is 11.6. The number of allylic oxidation sites excluding steroid dienone is 1. The predicted octanol–water partition coefficient (Wildman–Crippen LogP) is 7.17. The van der Waals surface area contributed by atoms with E-state index in [9.17, 15) is 19.4 Å². The molecule has 1 saturated carbocycles. The third kappa shape index (κ3) is 7.62. The van der Waals surface area contributed by atoms with Crippen LogP contribution in [-0.2, 0) is 16.2 Å². The van der Waals surface area contributed by atoms with Gasteiger partial charge in [-0.3, -0.25) is 4.79 Å². The first-order valence-electron chi connectivity index (χ1n) is 19.5. The number of amides is 1. The van der Waals surface area contributed by atoms with E-state index in [-0.39, 0.29) is 69.1 Å². The molecule has 2 N–H and O–H groups in total. The number of rotatable bonds is 17. The lowest BCUT2D eigenvalue weighted by Crippen LogP contribution is -2.69. The molecule has 12 heteroatoms. The first-order valence-corrected chi connectivity index (χ1v) is 19.5. The highest BCUT2D eigenvalue weighted by molar-refractivity contribution is 6.03. The molecular weight excluding hydrogens is 719 g/mol. The summed E-state index contributed by atoms with van der Waals surface area (Å²) in [5.41, 5.74) is 3.39. The van der Waals surface area contributed by atoms with Gasteiger partial charge in [0.15, 0.2) is 11.5 Å². The van der Waals surface area contributed by atoms with Crippen LogP contribution in [0.4, 0.5) is 4.39 Å². The van der Waals surface area contributed by atoms with Crippen LogP contribution < -0.4 is 18.9 Å². The topological polar surface area (TPSA) is 129 Å². The molecule has 0 radical (unpaired) electrons. The number of halogens is 1. The number of carbonyl (C=O) groups is 1. The van der Waals surface area contributed by atoms with E-state index in [0.717, 1.165) is 36.8 Å². The fourth-order valence-electron chi connectivity index (χ4n) is 9.08. The number of ether oxygens (including phenoxy) is 5. The van der Waals surface area contributed by atoms with E-state index in [2.05, 4.69) is 17.8 Å². The molecule has 6 atom stereocenters. The molecule has 2 aliphatic heterocycles. The van der Waals surface area contributed by atoms with E-state index in [0.29, 0.717) is 52.7 Å². The highest BCUT2D eigenvalue weighted by Crippen LogP contribution is 2.62. The van der Waals surface area contributed by atoms with Gasteiger partial charge < -0.3 is 43.6 Å². The van der Waals surface area contributed by atoms with Crippen LogP contribution in [0.5, 0.6) is 23.0 Å². The number of nitrogens with zero attached hydrogens (tertiary/aromatic N) is 2. The molecule has 0 spiro atoms. The zero-order valence-corrected chi connectivity index (χ0v) is 32.0. The van der Waals surface area contributed by atoms with E-state index in [4.69, 9.17) is 28.5 Å². The lowest BCUT2D eigenvalue weighted by atomic mass is 9.55. The lowest BCUT2D eigenvalue weighted by Gasteiger charge is -2.59. The van der Waals surface area contributed by atoms with Crippen LogP contribution in [0.3, 0.4) is 0 Å². The quantitative estimate of drug-likeness (QED) is 0.0835. The molecule has 0 bridgehead atoms. The Morgan fingerprint density at radius 1 is 1.02 bits per heavy atom. The molecule has 6 unspecified atom stereocenters. The smallest absolute Gasteiger partial charge is 0.254 e. The van der Waals surface area contributed by atoms with Crippen molar-refractivity contribution in [1.29, 1.82) is 0 Å². The van der Waals surface area contributed by atoms with Gasteiger partial charge in [0.2, 0.25) is 12.6 Å². The normalized spacial score (nSPS) is 25.1. The molecule has 298 valence electrons. The zero-order valence-electron chi connectivity index (χ0n) is 32.0. The standard InChI is InChI=1S/C44H51FN2O9/c1-4-21-55-44-40(47(2)43(50)29-15-17-38-39(23-29)54-27-53-38)25-36(46-51-3)33-22-28(11-7-9-19-48)32(13-8-10-20-49)41(42(33)44)34-24-31(16-18-37(34)56-44)52-26-30-12-5-6-14-35(30)45/h4-6,12,14-18,22-24,28,32,40-42,48-49H,1,7-11,13,19-21,25-27H2,2-3H3. The number of hydrogen-bond acceptors (Lipinski definition) is 10. The van der Waals surface area contributed by atoms with Gasteiger partial charge in [-0.15, -0.1) is 6.58 Å². The number of oxime groups is 1. The van der Waals surface area contributed by atoms with Crippen LogP contribution >= 0.6 is 0 Å². The van der Waals surface area contributed by atoms with E-state index >= 15 is 0 Å². The minimum Gasteiger partial charge on any atom is -0.489 e. The second-order valence-electron chi connectivity index (χ2n) is 14.8. The zero-order chi connectivity index (χ0) is 39.2. The molecule has 2 heterocycles. The van der Waals surface area contributed by atoms with Crippen molar-refractivity contribution in [3.63, 3.8) is 0 Å². The second-order valence-corrected chi connectivity index (χ2v) is 14.8. The summed E-state index contributed by atoms with van der Waals surface area (Å²) < 4.78 is 46.1. The van der Waals surface area contributed by atoms with E-state index < -0.39 is 17.7 Å². The molecule has 7 rings (SSSR count). The van der Waals surface area contributed by atoms with Crippen molar-refractivity contribution in [2.75, 3.05) is 40.8 Å². The highest BCUT2D eigenvalue weighted by atomic mass is 19.1. The molecule has 3 aromatic rings. The molecule has 11 nitrogen and oxygen atoms in total. The van der Waals surface area contributed by atoms with Gasteiger partial charge in [-0.1, -0.05) is 48.3 Å². The molecule has 0 saturated heterocycles. The Labute approximate surface area is 327 Å². The van der Waals surface area contributed by atoms with Crippen molar-refractivity contribution in [3.05, 3.63) is 107 Å². The van der Waals surface area contributed by atoms with E-state index in [1.54, 1.807) is 54.4 Å². The number of likely N-dealkylation sites (N-methyl/N-ethyl adjacent to an activating group) is 1. The molecular formula is C44H51FN2O9. The molecule has 3 aromatic carbocycles. The van der Waals surface area contributed by atoms with Gasteiger partial charge in [-0.2, -0.15) is 0 Å². The maximum absolute atomic E-state index is 14.6. The van der Waals surface area contributed by atoms with Gasteiger partial charge >= 0.3 is 0 Å². The summed E-state index contributed by atoms with van der Waals surface area (Å²) in [7, 11) is 3.27. The van der Waals surface area contributed by atoms with Gasteiger partial charge in [0.25, 0.3) is 5.91 Å². The van der Waals surface area contributed by atoms with Crippen LogP contribution in [-0.4, -0.2) is 79.3 Å². The van der Waals surface area contributed by atoms with Gasteiger partial charge in [-0.05, 0) is 85.6 Å². The Bertz CT molecular complexity index is 1950.